The third-order valence-electron chi connectivity index (χ3n) is 8.61. The molecule has 2 amide bonds. The molecule has 1 aromatic heterocycles. The number of nitrogens with zero attached hydrogens (tertiary/aromatic N) is 3. The van der Waals surface area contributed by atoms with E-state index in [-0.39, 0.29) is 17.7 Å². The van der Waals surface area contributed by atoms with Gasteiger partial charge >= 0.3 is 0 Å². The smallest absolute Gasteiger partial charge is 0.239 e. The van der Waals surface area contributed by atoms with Gasteiger partial charge in [0.15, 0.2) is 0 Å². The standard InChI is InChI=1S/C32H22ClN5O2/c33-22-13-5-8-16-25(22)38-29(39)27-26-18-9-1-3-11-20(18)32(28(27)30(38)40,21-12-4-2-10-19(21)26)17-34-37-31-35-23-14-6-7-15-24(23)36-31/h1-17,26-28H,(H2,35,36,37). The first-order valence-corrected chi connectivity index (χ1v) is 13.5. The van der Waals surface area contributed by atoms with Crippen LogP contribution < -0.4 is 10.3 Å². The van der Waals surface area contributed by atoms with Crippen molar-refractivity contribution in [2.45, 2.75) is 11.3 Å². The number of hydrogen-bond acceptors (Lipinski definition) is 5. The molecule has 194 valence electrons. The summed E-state index contributed by atoms with van der Waals surface area (Å²) in [5.74, 6) is -1.55. The van der Waals surface area contributed by atoms with Gasteiger partial charge in [0, 0.05) is 12.1 Å². The van der Waals surface area contributed by atoms with Crippen LogP contribution in [0.3, 0.4) is 0 Å². The molecule has 0 spiro atoms. The first-order chi connectivity index (χ1) is 19.6. The third kappa shape index (κ3) is 2.95. The maximum atomic E-state index is 14.4. The number of anilines is 2. The van der Waals surface area contributed by atoms with Crippen LogP contribution in [0.5, 0.6) is 0 Å². The molecule has 3 aliphatic carbocycles. The highest BCUT2D eigenvalue weighted by atomic mass is 35.5. The van der Waals surface area contributed by atoms with Crippen LogP contribution in [-0.2, 0) is 15.0 Å². The highest BCUT2D eigenvalue weighted by molar-refractivity contribution is 6.36. The van der Waals surface area contributed by atoms with E-state index >= 15 is 0 Å². The van der Waals surface area contributed by atoms with Crippen LogP contribution in [0.15, 0.2) is 102 Å². The van der Waals surface area contributed by atoms with E-state index in [1.807, 2.05) is 48.5 Å². The summed E-state index contributed by atoms with van der Waals surface area (Å²) < 4.78 is 0. The number of nitrogens with one attached hydrogen (secondary N) is 2. The predicted octanol–water partition coefficient (Wildman–Crippen LogP) is 5.87. The molecule has 2 N–H and O–H groups in total. The molecule has 1 aliphatic heterocycles. The lowest BCUT2D eigenvalue weighted by Gasteiger charge is -2.52. The lowest BCUT2D eigenvalue weighted by Crippen LogP contribution is -2.54. The van der Waals surface area contributed by atoms with Crippen molar-refractivity contribution >= 4 is 52.3 Å². The minimum absolute atomic E-state index is 0.236. The van der Waals surface area contributed by atoms with E-state index < -0.39 is 17.3 Å². The van der Waals surface area contributed by atoms with E-state index in [1.54, 1.807) is 30.5 Å². The van der Waals surface area contributed by atoms with Gasteiger partial charge in [-0.15, -0.1) is 0 Å². The Morgan fingerprint density at radius 3 is 2.23 bits per heavy atom. The monoisotopic (exact) mass is 543 g/mol. The van der Waals surface area contributed by atoms with Gasteiger partial charge < -0.3 is 4.98 Å². The van der Waals surface area contributed by atoms with Crippen LogP contribution in [-0.4, -0.2) is 28.0 Å². The van der Waals surface area contributed by atoms with Crippen LogP contribution in [0.1, 0.15) is 28.2 Å². The number of para-hydroxylation sites is 3. The molecule has 2 heterocycles. The molecular weight excluding hydrogens is 522 g/mol. The fourth-order valence-electron chi connectivity index (χ4n) is 7.12. The molecule has 2 atom stereocenters. The SMILES string of the molecule is O=C1C2C3c4ccccc4C(C=NNc4nc5ccccc5[nH]4)(c4ccccc43)C2C(=O)N1c1ccccc1Cl. The van der Waals surface area contributed by atoms with Crippen molar-refractivity contribution in [2.24, 2.45) is 16.9 Å². The molecule has 5 aromatic rings. The van der Waals surface area contributed by atoms with Gasteiger partial charge in [-0.3, -0.25) is 9.59 Å². The average molecular weight is 544 g/mol. The Hall–Kier alpha value is -4.75. The number of carbonyl (C=O) groups is 2. The highest BCUT2D eigenvalue weighted by Crippen LogP contribution is 2.63. The van der Waals surface area contributed by atoms with Gasteiger partial charge in [0.2, 0.25) is 17.8 Å². The van der Waals surface area contributed by atoms with Gasteiger partial charge in [-0.05, 0) is 46.5 Å². The Kier molecular flexibility index (Phi) is 4.85. The van der Waals surface area contributed by atoms with Gasteiger partial charge in [0.25, 0.3) is 0 Å². The Morgan fingerprint density at radius 1 is 0.850 bits per heavy atom. The summed E-state index contributed by atoms with van der Waals surface area (Å²) >= 11 is 6.53. The Morgan fingerprint density at radius 2 is 1.50 bits per heavy atom. The molecular formula is C32H22ClN5O2. The van der Waals surface area contributed by atoms with Crippen molar-refractivity contribution in [3.8, 4) is 0 Å². The first-order valence-electron chi connectivity index (χ1n) is 13.2. The summed E-state index contributed by atoms with van der Waals surface area (Å²) in [6, 6.07) is 30.9. The molecule has 4 aliphatic rings. The summed E-state index contributed by atoms with van der Waals surface area (Å²) in [5, 5.41) is 5.04. The molecule has 1 saturated heterocycles. The molecule has 7 nitrogen and oxygen atoms in total. The van der Waals surface area contributed by atoms with E-state index in [0.29, 0.717) is 16.7 Å². The first kappa shape index (κ1) is 23.2. The fraction of sp³-hybridized carbons (Fsp3) is 0.125. The van der Waals surface area contributed by atoms with Gasteiger partial charge in [-0.1, -0.05) is 84.4 Å². The number of H-pyrrole nitrogens is 1. The van der Waals surface area contributed by atoms with Crippen LogP contribution in [0.4, 0.5) is 11.6 Å². The number of hydrogen-bond donors (Lipinski definition) is 2. The van der Waals surface area contributed by atoms with Crippen molar-refractivity contribution in [1.29, 1.82) is 0 Å². The number of imide groups is 1. The maximum absolute atomic E-state index is 14.4. The number of imidazole rings is 1. The van der Waals surface area contributed by atoms with Gasteiger partial charge in [-0.25, -0.2) is 15.3 Å². The van der Waals surface area contributed by atoms with Crippen molar-refractivity contribution < 1.29 is 9.59 Å². The normalized spacial score (nSPS) is 24.4. The molecule has 4 aromatic carbocycles. The number of aromatic nitrogens is 2. The van der Waals surface area contributed by atoms with Gasteiger partial charge in [-0.2, -0.15) is 5.10 Å². The number of aromatic amines is 1. The van der Waals surface area contributed by atoms with Crippen molar-refractivity contribution in [1.82, 2.24) is 9.97 Å². The van der Waals surface area contributed by atoms with E-state index in [9.17, 15) is 9.59 Å². The Balaban J connectivity index is 1.33. The second-order valence-electron chi connectivity index (χ2n) is 10.5. The topological polar surface area (TPSA) is 90.5 Å². The molecule has 9 rings (SSSR count). The van der Waals surface area contributed by atoms with Crippen molar-refractivity contribution in [3.63, 3.8) is 0 Å². The summed E-state index contributed by atoms with van der Waals surface area (Å²) in [6.07, 6.45) is 1.80. The zero-order valence-electron chi connectivity index (χ0n) is 21.1. The van der Waals surface area contributed by atoms with Crippen LogP contribution in [0, 0.1) is 11.8 Å². The number of rotatable bonds is 4. The fourth-order valence-corrected chi connectivity index (χ4v) is 7.34. The number of carbonyl (C=O) groups excluding carboxylic acids is 2. The minimum atomic E-state index is -0.978. The quantitative estimate of drug-likeness (QED) is 0.169. The van der Waals surface area contributed by atoms with E-state index in [0.717, 1.165) is 33.3 Å². The lowest BCUT2D eigenvalue weighted by atomic mass is 9.47. The van der Waals surface area contributed by atoms with Crippen molar-refractivity contribution in [3.05, 3.63) is 124 Å². The third-order valence-corrected chi connectivity index (χ3v) is 8.92. The van der Waals surface area contributed by atoms with Crippen LogP contribution in [0.25, 0.3) is 11.0 Å². The number of amides is 2. The number of benzene rings is 4. The van der Waals surface area contributed by atoms with Gasteiger partial charge in [0.1, 0.15) is 0 Å². The highest BCUT2D eigenvalue weighted by Gasteiger charge is 2.68. The van der Waals surface area contributed by atoms with Crippen molar-refractivity contribution in [2.75, 3.05) is 10.3 Å². The summed E-state index contributed by atoms with van der Waals surface area (Å²) in [7, 11) is 0. The zero-order chi connectivity index (χ0) is 27.0. The summed E-state index contributed by atoms with van der Waals surface area (Å²) in [4.78, 5) is 37.7. The average Bonchev–Trinajstić information content (AvgIpc) is 3.52. The van der Waals surface area contributed by atoms with Crippen LogP contribution >= 0.6 is 11.6 Å². The lowest BCUT2D eigenvalue weighted by molar-refractivity contribution is -0.122. The van der Waals surface area contributed by atoms with E-state index in [1.165, 1.54) is 4.90 Å². The maximum Gasteiger partial charge on any atom is 0.239 e. The number of hydrazone groups is 1. The molecule has 2 bridgehead atoms. The Bertz CT molecular complexity index is 1810. The second-order valence-corrected chi connectivity index (χ2v) is 10.9. The molecule has 40 heavy (non-hydrogen) atoms. The van der Waals surface area contributed by atoms with Gasteiger partial charge in [0.05, 0.1) is 39.0 Å². The summed E-state index contributed by atoms with van der Waals surface area (Å²) in [6.45, 7) is 0. The minimum Gasteiger partial charge on any atom is -0.323 e. The predicted molar refractivity (Wildman–Crippen MR) is 155 cm³/mol. The Labute approximate surface area is 234 Å². The summed E-state index contributed by atoms with van der Waals surface area (Å²) in [5.41, 5.74) is 8.24. The largest absolute Gasteiger partial charge is 0.323 e. The van der Waals surface area contributed by atoms with E-state index in [4.69, 9.17) is 11.6 Å². The zero-order valence-corrected chi connectivity index (χ0v) is 21.8. The number of fused-ring (bicyclic) bond motifs is 1. The molecule has 8 heteroatoms. The molecule has 0 saturated carbocycles. The van der Waals surface area contributed by atoms with Crippen LogP contribution in [0.2, 0.25) is 5.02 Å². The molecule has 2 unspecified atom stereocenters. The number of halogens is 1. The molecule has 0 radical (unpaired) electrons. The second kappa shape index (κ2) is 8.37. The van der Waals surface area contributed by atoms with E-state index in [2.05, 4.69) is 44.8 Å². The molecule has 1 fully saturated rings.